The number of hydrogen-bond acceptors (Lipinski definition) is 5. The lowest BCUT2D eigenvalue weighted by atomic mass is 10.2. The molecule has 7 heteroatoms. The summed E-state index contributed by atoms with van der Waals surface area (Å²) in [7, 11) is 1.64. The SMILES string of the molecule is CCOc1ccc(NC(=O)CN(C)C(=O)CSCCc2ccccc2)cc1OCC. The largest absolute Gasteiger partial charge is 0.490 e. The van der Waals surface area contributed by atoms with Crippen LogP contribution < -0.4 is 14.8 Å². The van der Waals surface area contributed by atoms with E-state index in [0.717, 1.165) is 12.2 Å². The van der Waals surface area contributed by atoms with Gasteiger partial charge >= 0.3 is 0 Å². The molecule has 6 nitrogen and oxygen atoms in total. The van der Waals surface area contributed by atoms with Gasteiger partial charge in [-0.15, -0.1) is 0 Å². The standard InChI is InChI=1S/C23H30N2O4S/c1-4-28-20-12-11-19(15-21(20)29-5-2)24-22(26)16-25(3)23(27)17-30-14-13-18-9-7-6-8-10-18/h6-12,15H,4-5,13-14,16-17H2,1-3H3,(H,24,26). The Balaban J connectivity index is 1.77. The van der Waals surface area contributed by atoms with Crippen molar-refractivity contribution in [1.82, 2.24) is 4.90 Å². The molecule has 2 rings (SSSR count). The van der Waals surface area contributed by atoms with Gasteiger partial charge in [0, 0.05) is 18.8 Å². The molecule has 0 aliphatic heterocycles. The maximum absolute atomic E-state index is 12.3. The Morgan fingerprint density at radius 2 is 1.70 bits per heavy atom. The number of carbonyl (C=O) groups excluding carboxylic acids is 2. The number of ether oxygens (including phenoxy) is 2. The number of anilines is 1. The number of rotatable bonds is 12. The number of aryl methyl sites for hydroxylation is 1. The van der Waals surface area contributed by atoms with Gasteiger partial charge in [0.25, 0.3) is 0 Å². The summed E-state index contributed by atoms with van der Waals surface area (Å²) in [6, 6.07) is 15.4. The Labute approximate surface area is 182 Å². The molecule has 0 aliphatic rings. The summed E-state index contributed by atoms with van der Waals surface area (Å²) in [4.78, 5) is 26.1. The molecular weight excluding hydrogens is 400 g/mol. The Bertz CT molecular complexity index is 814. The van der Waals surface area contributed by atoms with E-state index in [0.29, 0.717) is 36.2 Å². The van der Waals surface area contributed by atoms with Gasteiger partial charge in [-0.05, 0) is 43.7 Å². The van der Waals surface area contributed by atoms with E-state index in [-0.39, 0.29) is 18.4 Å². The lowest BCUT2D eigenvalue weighted by Gasteiger charge is -2.17. The number of likely N-dealkylation sites (N-methyl/N-ethyl adjacent to an activating group) is 1. The molecule has 2 aromatic carbocycles. The summed E-state index contributed by atoms with van der Waals surface area (Å²) in [5, 5.41) is 2.81. The van der Waals surface area contributed by atoms with Gasteiger partial charge in [-0.3, -0.25) is 9.59 Å². The van der Waals surface area contributed by atoms with Crippen LogP contribution in [0.25, 0.3) is 0 Å². The second-order valence-electron chi connectivity index (χ2n) is 6.61. The molecule has 2 aromatic rings. The molecular formula is C23H30N2O4S. The van der Waals surface area contributed by atoms with E-state index in [4.69, 9.17) is 9.47 Å². The van der Waals surface area contributed by atoms with Crippen LogP contribution in [0.5, 0.6) is 11.5 Å². The molecule has 30 heavy (non-hydrogen) atoms. The van der Waals surface area contributed by atoms with Crippen LogP contribution in [-0.4, -0.2) is 55.0 Å². The Morgan fingerprint density at radius 1 is 1.00 bits per heavy atom. The third kappa shape index (κ3) is 7.99. The predicted molar refractivity (Wildman–Crippen MR) is 123 cm³/mol. The monoisotopic (exact) mass is 430 g/mol. The highest BCUT2D eigenvalue weighted by molar-refractivity contribution is 7.99. The third-order valence-corrected chi connectivity index (χ3v) is 5.18. The van der Waals surface area contributed by atoms with Gasteiger partial charge in [-0.25, -0.2) is 0 Å². The van der Waals surface area contributed by atoms with Gasteiger partial charge in [0.15, 0.2) is 11.5 Å². The fourth-order valence-electron chi connectivity index (χ4n) is 2.74. The van der Waals surface area contributed by atoms with Gasteiger partial charge in [0.05, 0.1) is 25.5 Å². The van der Waals surface area contributed by atoms with Crippen molar-refractivity contribution in [3.05, 3.63) is 54.1 Å². The van der Waals surface area contributed by atoms with Crippen LogP contribution in [0.15, 0.2) is 48.5 Å². The van der Waals surface area contributed by atoms with Crippen LogP contribution in [0, 0.1) is 0 Å². The number of nitrogens with zero attached hydrogens (tertiary/aromatic N) is 1. The number of nitrogens with one attached hydrogen (secondary N) is 1. The van der Waals surface area contributed by atoms with E-state index in [1.54, 1.807) is 37.0 Å². The van der Waals surface area contributed by atoms with Crippen LogP contribution in [0.2, 0.25) is 0 Å². The quantitative estimate of drug-likeness (QED) is 0.518. The first-order valence-corrected chi connectivity index (χ1v) is 11.2. The molecule has 0 radical (unpaired) electrons. The second-order valence-corrected chi connectivity index (χ2v) is 7.72. The number of amides is 2. The Kier molecular flexibility index (Phi) is 10.1. The van der Waals surface area contributed by atoms with E-state index < -0.39 is 0 Å². The van der Waals surface area contributed by atoms with Crippen molar-refractivity contribution in [2.45, 2.75) is 20.3 Å². The highest BCUT2D eigenvalue weighted by Gasteiger charge is 2.14. The zero-order valence-electron chi connectivity index (χ0n) is 17.8. The topological polar surface area (TPSA) is 67.9 Å². The predicted octanol–water partition coefficient (Wildman–Crippen LogP) is 3.86. The molecule has 162 valence electrons. The van der Waals surface area contributed by atoms with Crippen LogP contribution >= 0.6 is 11.8 Å². The van der Waals surface area contributed by atoms with Gasteiger partial charge in [0.1, 0.15) is 0 Å². The zero-order chi connectivity index (χ0) is 21.8. The first-order chi connectivity index (χ1) is 14.5. The smallest absolute Gasteiger partial charge is 0.243 e. The number of carbonyl (C=O) groups is 2. The van der Waals surface area contributed by atoms with Crippen LogP contribution in [0.4, 0.5) is 5.69 Å². The van der Waals surface area contributed by atoms with E-state index in [1.165, 1.54) is 10.5 Å². The summed E-state index contributed by atoms with van der Waals surface area (Å²) in [6.07, 6.45) is 0.920. The van der Waals surface area contributed by atoms with Crippen LogP contribution in [0.1, 0.15) is 19.4 Å². The normalized spacial score (nSPS) is 10.4. The van der Waals surface area contributed by atoms with Crippen molar-refractivity contribution in [2.75, 3.05) is 43.6 Å². The maximum atomic E-state index is 12.3. The molecule has 0 saturated heterocycles. The molecule has 1 N–H and O–H groups in total. The summed E-state index contributed by atoms with van der Waals surface area (Å²) < 4.78 is 11.1. The first kappa shape index (κ1) is 23.6. The van der Waals surface area contributed by atoms with E-state index in [2.05, 4.69) is 17.4 Å². The Hall–Kier alpha value is -2.67. The van der Waals surface area contributed by atoms with Gasteiger partial charge < -0.3 is 19.7 Å². The molecule has 0 heterocycles. The average Bonchev–Trinajstić information content (AvgIpc) is 2.74. The molecule has 0 spiro atoms. The molecule has 0 bridgehead atoms. The van der Waals surface area contributed by atoms with Crippen molar-refractivity contribution in [3.8, 4) is 11.5 Å². The van der Waals surface area contributed by atoms with E-state index >= 15 is 0 Å². The number of hydrogen-bond donors (Lipinski definition) is 1. The fraction of sp³-hybridized carbons (Fsp3) is 0.391. The minimum Gasteiger partial charge on any atom is -0.490 e. The summed E-state index contributed by atoms with van der Waals surface area (Å²) in [6.45, 7) is 4.81. The minimum atomic E-state index is -0.258. The fourth-order valence-corrected chi connectivity index (χ4v) is 3.66. The highest BCUT2D eigenvalue weighted by atomic mass is 32.2. The number of benzene rings is 2. The lowest BCUT2D eigenvalue weighted by molar-refractivity contribution is -0.131. The molecule has 0 atom stereocenters. The second kappa shape index (κ2) is 12.8. The van der Waals surface area contributed by atoms with Crippen molar-refractivity contribution < 1.29 is 19.1 Å². The zero-order valence-corrected chi connectivity index (χ0v) is 18.7. The molecule has 0 saturated carbocycles. The summed E-state index contributed by atoms with van der Waals surface area (Å²) in [5.41, 5.74) is 1.86. The maximum Gasteiger partial charge on any atom is 0.243 e. The van der Waals surface area contributed by atoms with Crippen LogP contribution in [-0.2, 0) is 16.0 Å². The molecule has 0 aromatic heterocycles. The molecule has 2 amide bonds. The number of thioether (sulfide) groups is 1. The first-order valence-electron chi connectivity index (χ1n) is 10.1. The highest BCUT2D eigenvalue weighted by Crippen LogP contribution is 2.30. The summed E-state index contributed by atoms with van der Waals surface area (Å²) in [5.74, 6) is 2.11. The average molecular weight is 431 g/mol. The third-order valence-electron chi connectivity index (χ3n) is 4.24. The van der Waals surface area contributed by atoms with E-state index in [1.807, 2.05) is 32.0 Å². The van der Waals surface area contributed by atoms with Crippen molar-refractivity contribution >= 4 is 29.3 Å². The van der Waals surface area contributed by atoms with Gasteiger partial charge in [0.2, 0.25) is 11.8 Å². The van der Waals surface area contributed by atoms with E-state index in [9.17, 15) is 9.59 Å². The lowest BCUT2D eigenvalue weighted by Crippen LogP contribution is -2.36. The van der Waals surface area contributed by atoms with Crippen molar-refractivity contribution in [1.29, 1.82) is 0 Å². The molecule has 0 unspecified atom stereocenters. The van der Waals surface area contributed by atoms with Gasteiger partial charge in [-0.1, -0.05) is 30.3 Å². The Morgan fingerprint density at radius 3 is 2.40 bits per heavy atom. The minimum absolute atomic E-state index is 0.00470. The molecule has 0 fully saturated rings. The summed E-state index contributed by atoms with van der Waals surface area (Å²) >= 11 is 1.58. The van der Waals surface area contributed by atoms with Crippen molar-refractivity contribution in [3.63, 3.8) is 0 Å². The molecule has 0 aliphatic carbocycles. The van der Waals surface area contributed by atoms with Crippen molar-refractivity contribution in [2.24, 2.45) is 0 Å². The van der Waals surface area contributed by atoms with Gasteiger partial charge in [-0.2, -0.15) is 11.8 Å². The van der Waals surface area contributed by atoms with Crippen LogP contribution in [0.3, 0.4) is 0 Å².